The molecule has 21 heavy (non-hydrogen) atoms. The summed E-state index contributed by atoms with van der Waals surface area (Å²) in [6.45, 7) is 2.57. The lowest BCUT2D eigenvalue weighted by atomic mass is 10.2. The number of thioether (sulfide) groups is 1. The van der Waals surface area contributed by atoms with Gasteiger partial charge in [-0.1, -0.05) is 29.8 Å². The highest BCUT2D eigenvalue weighted by atomic mass is 32.2. The molecule has 0 heterocycles. The summed E-state index contributed by atoms with van der Waals surface area (Å²) in [7, 11) is 1.63. The number of ether oxygens (including phenoxy) is 1. The molecule has 0 atom stereocenters. The number of benzene rings is 2. The highest BCUT2D eigenvalue weighted by Crippen LogP contribution is 2.18. The minimum atomic E-state index is 0.0309. The highest BCUT2D eigenvalue weighted by Gasteiger charge is 2.03. The number of aryl methyl sites for hydroxylation is 1. The van der Waals surface area contributed by atoms with Gasteiger partial charge in [-0.05, 0) is 36.8 Å². The van der Waals surface area contributed by atoms with E-state index in [1.807, 2.05) is 36.4 Å². The lowest BCUT2D eigenvalue weighted by Crippen LogP contribution is -2.24. The molecule has 1 amide bonds. The van der Waals surface area contributed by atoms with Gasteiger partial charge in [-0.25, -0.2) is 0 Å². The second kappa shape index (κ2) is 7.74. The Labute approximate surface area is 129 Å². The number of methoxy groups -OCH3 is 1. The van der Waals surface area contributed by atoms with Gasteiger partial charge >= 0.3 is 0 Å². The van der Waals surface area contributed by atoms with Crippen molar-refractivity contribution in [3.8, 4) is 5.75 Å². The SMILES string of the molecule is COc1cccc(CNC(=O)CSc2ccc(C)cc2)c1. The molecule has 3 nitrogen and oxygen atoms in total. The van der Waals surface area contributed by atoms with Gasteiger partial charge in [-0.15, -0.1) is 11.8 Å². The Morgan fingerprint density at radius 2 is 1.95 bits per heavy atom. The van der Waals surface area contributed by atoms with E-state index in [4.69, 9.17) is 4.74 Å². The first kappa shape index (κ1) is 15.4. The fraction of sp³-hybridized carbons (Fsp3) is 0.235. The zero-order valence-corrected chi connectivity index (χ0v) is 13.1. The average molecular weight is 301 g/mol. The Morgan fingerprint density at radius 3 is 2.67 bits per heavy atom. The zero-order valence-electron chi connectivity index (χ0n) is 12.3. The molecule has 0 spiro atoms. The lowest BCUT2D eigenvalue weighted by Gasteiger charge is -2.07. The quantitative estimate of drug-likeness (QED) is 0.831. The van der Waals surface area contributed by atoms with Gasteiger partial charge in [-0.2, -0.15) is 0 Å². The van der Waals surface area contributed by atoms with Crippen LogP contribution < -0.4 is 10.1 Å². The summed E-state index contributed by atoms with van der Waals surface area (Å²) < 4.78 is 5.16. The van der Waals surface area contributed by atoms with Gasteiger partial charge in [0.25, 0.3) is 0 Å². The van der Waals surface area contributed by atoms with Crippen LogP contribution in [0.3, 0.4) is 0 Å². The molecule has 0 bridgehead atoms. The topological polar surface area (TPSA) is 38.3 Å². The summed E-state index contributed by atoms with van der Waals surface area (Å²) >= 11 is 1.54. The molecule has 0 aromatic heterocycles. The van der Waals surface area contributed by atoms with Gasteiger partial charge in [-0.3, -0.25) is 4.79 Å². The van der Waals surface area contributed by atoms with E-state index in [1.54, 1.807) is 18.9 Å². The van der Waals surface area contributed by atoms with Gasteiger partial charge in [0.05, 0.1) is 12.9 Å². The second-order valence-electron chi connectivity index (χ2n) is 4.73. The van der Waals surface area contributed by atoms with E-state index < -0.39 is 0 Å². The maximum atomic E-state index is 11.8. The molecule has 4 heteroatoms. The first-order valence-corrected chi connectivity index (χ1v) is 7.75. The summed E-state index contributed by atoms with van der Waals surface area (Å²) in [6.07, 6.45) is 0. The smallest absolute Gasteiger partial charge is 0.230 e. The molecule has 0 radical (unpaired) electrons. The monoisotopic (exact) mass is 301 g/mol. The third-order valence-electron chi connectivity index (χ3n) is 3.01. The molecule has 0 aliphatic heterocycles. The van der Waals surface area contributed by atoms with Crippen molar-refractivity contribution < 1.29 is 9.53 Å². The predicted molar refractivity (Wildman–Crippen MR) is 86.7 cm³/mol. The minimum absolute atomic E-state index is 0.0309. The second-order valence-corrected chi connectivity index (χ2v) is 5.78. The van der Waals surface area contributed by atoms with Crippen LogP contribution in [-0.2, 0) is 11.3 Å². The number of hydrogen-bond acceptors (Lipinski definition) is 3. The van der Waals surface area contributed by atoms with Crippen LogP contribution in [0, 0.1) is 6.92 Å². The Morgan fingerprint density at radius 1 is 1.19 bits per heavy atom. The maximum absolute atomic E-state index is 11.8. The summed E-state index contributed by atoms with van der Waals surface area (Å²) in [5.74, 6) is 1.26. The molecule has 1 N–H and O–H groups in total. The van der Waals surface area contributed by atoms with Crippen molar-refractivity contribution in [3.63, 3.8) is 0 Å². The number of hydrogen-bond donors (Lipinski definition) is 1. The van der Waals surface area contributed by atoms with Gasteiger partial charge in [0, 0.05) is 11.4 Å². The third kappa shape index (κ3) is 5.16. The van der Waals surface area contributed by atoms with Gasteiger partial charge in [0.15, 0.2) is 0 Å². The van der Waals surface area contributed by atoms with Crippen LogP contribution in [0.15, 0.2) is 53.4 Å². The minimum Gasteiger partial charge on any atom is -0.497 e. The molecule has 0 saturated carbocycles. The van der Waals surface area contributed by atoms with Crippen molar-refractivity contribution in [1.82, 2.24) is 5.32 Å². The Bertz CT molecular complexity index is 596. The molecule has 0 unspecified atom stereocenters. The summed E-state index contributed by atoms with van der Waals surface area (Å²) in [4.78, 5) is 13.0. The first-order valence-electron chi connectivity index (χ1n) is 6.76. The standard InChI is InChI=1S/C17H19NO2S/c1-13-6-8-16(9-7-13)21-12-17(19)18-11-14-4-3-5-15(10-14)20-2/h3-10H,11-12H2,1-2H3,(H,18,19). The summed E-state index contributed by atoms with van der Waals surface area (Å²) in [6, 6.07) is 15.9. The van der Waals surface area contributed by atoms with E-state index in [9.17, 15) is 4.79 Å². The van der Waals surface area contributed by atoms with Crippen molar-refractivity contribution in [3.05, 3.63) is 59.7 Å². The Hall–Kier alpha value is -1.94. The summed E-state index contributed by atoms with van der Waals surface area (Å²) in [5, 5.41) is 2.92. The summed E-state index contributed by atoms with van der Waals surface area (Å²) in [5.41, 5.74) is 2.25. The fourth-order valence-corrected chi connectivity index (χ4v) is 2.55. The molecule has 0 fully saturated rings. The molecule has 2 aromatic carbocycles. The van der Waals surface area contributed by atoms with Crippen molar-refractivity contribution in [2.45, 2.75) is 18.4 Å². The van der Waals surface area contributed by atoms with Crippen LogP contribution in [0.4, 0.5) is 0 Å². The third-order valence-corrected chi connectivity index (χ3v) is 4.03. The van der Waals surface area contributed by atoms with Gasteiger partial charge < -0.3 is 10.1 Å². The van der Waals surface area contributed by atoms with E-state index >= 15 is 0 Å². The normalized spacial score (nSPS) is 10.2. The van der Waals surface area contributed by atoms with E-state index in [0.717, 1.165) is 16.2 Å². The van der Waals surface area contributed by atoms with Crippen LogP contribution >= 0.6 is 11.8 Å². The van der Waals surface area contributed by atoms with Gasteiger partial charge in [0.2, 0.25) is 5.91 Å². The number of rotatable bonds is 6. The van der Waals surface area contributed by atoms with E-state index in [1.165, 1.54) is 5.56 Å². The number of carbonyl (C=O) groups is 1. The van der Waals surface area contributed by atoms with Crippen LogP contribution in [0.1, 0.15) is 11.1 Å². The molecule has 2 rings (SSSR count). The number of nitrogens with one attached hydrogen (secondary N) is 1. The van der Waals surface area contributed by atoms with Crippen LogP contribution in [0.5, 0.6) is 5.75 Å². The lowest BCUT2D eigenvalue weighted by molar-refractivity contribution is -0.118. The molecule has 0 aliphatic carbocycles. The first-order chi connectivity index (χ1) is 10.2. The van der Waals surface area contributed by atoms with Crippen molar-refractivity contribution in [2.75, 3.05) is 12.9 Å². The van der Waals surface area contributed by atoms with Crippen LogP contribution in [0.2, 0.25) is 0 Å². The van der Waals surface area contributed by atoms with Crippen LogP contribution in [-0.4, -0.2) is 18.8 Å². The fourth-order valence-electron chi connectivity index (χ4n) is 1.82. The number of amides is 1. The maximum Gasteiger partial charge on any atom is 0.230 e. The van der Waals surface area contributed by atoms with E-state index in [0.29, 0.717) is 12.3 Å². The average Bonchev–Trinajstić information content (AvgIpc) is 2.52. The molecule has 0 aliphatic rings. The highest BCUT2D eigenvalue weighted by molar-refractivity contribution is 8.00. The predicted octanol–water partition coefficient (Wildman–Crippen LogP) is 3.41. The Balaban J connectivity index is 1.78. The van der Waals surface area contributed by atoms with E-state index in [2.05, 4.69) is 24.4 Å². The van der Waals surface area contributed by atoms with Crippen molar-refractivity contribution in [2.24, 2.45) is 0 Å². The van der Waals surface area contributed by atoms with Crippen molar-refractivity contribution >= 4 is 17.7 Å². The van der Waals surface area contributed by atoms with Crippen molar-refractivity contribution in [1.29, 1.82) is 0 Å². The molecular formula is C17H19NO2S. The molecule has 110 valence electrons. The zero-order chi connectivity index (χ0) is 15.1. The van der Waals surface area contributed by atoms with Crippen LogP contribution in [0.25, 0.3) is 0 Å². The molecular weight excluding hydrogens is 282 g/mol. The van der Waals surface area contributed by atoms with E-state index in [-0.39, 0.29) is 5.91 Å². The molecule has 2 aromatic rings. The Kier molecular flexibility index (Phi) is 5.69. The number of carbonyl (C=O) groups excluding carboxylic acids is 1. The largest absolute Gasteiger partial charge is 0.497 e. The molecule has 0 saturated heterocycles. The van der Waals surface area contributed by atoms with Gasteiger partial charge in [0.1, 0.15) is 5.75 Å².